The molecule has 0 aromatic rings. The summed E-state index contributed by atoms with van der Waals surface area (Å²) in [6, 6.07) is 0. The van der Waals surface area contributed by atoms with Gasteiger partial charge in [-0.25, -0.2) is 0 Å². The minimum Gasteiger partial charge on any atom is -0.394 e. The van der Waals surface area contributed by atoms with Crippen molar-refractivity contribution in [2.75, 3.05) is 19.8 Å². The number of aliphatic hydroxyl groups excluding tert-OH is 8. The average molecular weight is 471 g/mol. The lowest BCUT2D eigenvalue weighted by Crippen LogP contribution is -2.61. The van der Waals surface area contributed by atoms with E-state index in [0.717, 1.165) is 19.3 Å². The molecule has 0 spiro atoms. The third-order valence-corrected chi connectivity index (χ3v) is 5.82. The molecule has 32 heavy (non-hydrogen) atoms. The Bertz CT molecular complexity index is 523. The lowest BCUT2D eigenvalue weighted by molar-refractivity contribution is -0.331. The van der Waals surface area contributed by atoms with Gasteiger partial charge >= 0.3 is 0 Å². The minimum absolute atomic E-state index is 0.0537. The van der Waals surface area contributed by atoms with Crippen LogP contribution in [0.1, 0.15) is 39.0 Å². The standard InChI is InChI=1S/C20H38O12/c1-2-3-4-5-10(22)6-7-29-19-17(27)16(26)14(24)12(32-19)9-30-20-18(28)15(25)13(23)11(8-21)31-20/h10-28H,2-9H2,1H3. The van der Waals surface area contributed by atoms with E-state index in [-0.39, 0.29) is 6.61 Å². The van der Waals surface area contributed by atoms with Crippen molar-refractivity contribution in [3.63, 3.8) is 0 Å². The summed E-state index contributed by atoms with van der Waals surface area (Å²) in [6.07, 6.45) is -11.3. The van der Waals surface area contributed by atoms with E-state index in [1.165, 1.54) is 0 Å². The van der Waals surface area contributed by atoms with Crippen molar-refractivity contribution >= 4 is 0 Å². The monoisotopic (exact) mass is 470 g/mol. The molecule has 2 fully saturated rings. The SMILES string of the molecule is CCCCCC(O)CCOC1OC(COC2OC(CO)C(O)C(O)C2O)C(O)C(O)C1O. The van der Waals surface area contributed by atoms with Crippen LogP contribution in [0.5, 0.6) is 0 Å². The molecule has 0 radical (unpaired) electrons. The highest BCUT2D eigenvalue weighted by molar-refractivity contribution is 4.91. The highest BCUT2D eigenvalue weighted by Crippen LogP contribution is 2.26. The van der Waals surface area contributed by atoms with E-state index < -0.39 is 80.7 Å². The summed E-state index contributed by atoms with van der Waals surface area (Å²) >= 11 is 0. The molecule has 0 aliphatic carbocycles. The number of aliphatic hydroxyl groups is 8. The van der Waals surface area contributed by atoms with Crippen LogP contribution in [0.4, 0.5) is 0 Å². The second-order valence-electron chi connectivity index (χ2n) is 8.35. The topological polar surface area (TPSA) is 199 Å². The zero-order valence-corrected chi connectivity index (χ0v) is 18.2. The van der Waals surface area contributed by atoms with Gasteiger partial charge in [0.1, 0.15) is 48.8 Å². The highest BCUT2D eigenvalue weighted by Gasteiger charge is 2.47. The van der Waals surface area contributed by atoms with E-state index in [9.17, 15) is 40.9 Å². The molecule has 2 aliphatic rings. The van der Waals surface area contributed by atoms with Crippen molar-refractivity contribution < 1.29 is 59.8 Å². The lowest BCUT2D eigenvalue weighted by Gasteiger charge is -2.42. The van der Waals surface area contributed by atoms with E-state index >= 15 is 0 Å². The molecule has 12 heteroatoms. The van der Waals surface area contributed by atoms with Gasteiger partial charge in [-0.15, -0.1) is 0 Å². The molecular formula is C20H38O12. The first-order valence-corrected chi connectivity index (χ1v) is 11.1. The van der Waals surface area contributed by atoms with Gasteiger partial charge in [0.2, 0.25) is 0 Å². The number of rotatable bonds is 12. The predicted octanol–water partition coefficient (Wildman–Crippen LogP) is -3.04. The molecule has 11 unspecified atom stereocenters. The molecule has 0 bridgehead atoms. The van der Waals surface area contributed by atoms with Gasteiger partial charge in [-0.2, -0.15) is 0 Å². The van der Waals surface area contributed by atoms with Crippen molar-refractivity contribution in [3.05, 3.63) is 0 Å². The third-order valence-electron chi connectivity index (χ3n) is 5.82. The smallest absolute Gasteiger partial charge is 0.186 e. The van der Waals surface area contributed by atoms with E-state index in [1.54, 1.807) is 0 Å². The quantitative estimate of drug-likeness (QED) is 0.134. The Morgan fingerprint density at radius 1 is 0.719 bits per heavy atom. The Labute approximate surface area is 186 Å². The van der Waals surface area contributed by atoms with Crippen LogP contribution >= 0.6 is 0 Å². The maximum atomic E-state index is 10.2. The maximum Gasteiger partial charge on any atom is 0.186 e. The Hall–Kier alpha value is -0.480. The normalized spacial score (nSPS) is 41.5. The summed E-state index contributed by atoms with van der Waals surface area (Å²) in [4.78, 5) is 0. The summed E-state index contributed by atoms with van der Waals surface area (Å²) in [7, 11) is 0. The second-order valence-corrected chi connectivity index (χ2v) is 8.35. The summed E-state index contributed by atoms with van der Waals surface area (Å²) in [5.74, 6) is 0. The molecular weight excluding hydrogens is 432 g/mol. The molecule has 0 saturated carbocycles. The molecule has 0 amide bonds. The first kappa shape index (κ1) is 27.8. The summed E-state index contributed by atoms with van der Waals surface area (Å²) in [5.41, 5.74) is 0. The van der Waals surface area contributed by atoms with Crippen LogP contribution in [0.25, 0.3) is 0 Å². The largest absolute Gasteiger partial charge is 0.394 e. The molecule has 12 nitrogen and oxygen atoms in total. The van der Waals surface area contributed by atoms with E-state index in [2.05, 4.69) is 6.92 Å². The Kier molecular flexibility index (Phi) is 11.6. The molecule has 8 N–H and O–H groups in total. The van der Waals surface area contributed by atoms with Gasteiger partial charge in [-0.1, -0.05) is 26.2 Å². The summed E-state index contributed by atoms with van der Waals surface area (Å²) < 4.78 is 21.5. The van der Waals surface area contributed by atoms with Crippen LogP contribution in [0.3, 0.4) is 0 Å². The van der Waals surface area contributed by atoms with Crippen LogP contribution in [0.15, 0.2) is 0 Å². The zero-order chi connectivity index (χ0) is 23.8. The molecule has 11 atom stereocenters. The van der Waals surface area contributed by atoms with Crippen molar-refractivity contribution in [2.45, 2.75) is 107 Å². The molecule has 2 heterocycles. The van der Waals surface area contributed by atoms with Crippen LogP contribution in [0.2, 0.25) is 0 Å². The Balaban J connectivity index is 1.86. The zero-order valence-electron chi connectivity index (χ0n) is 18.2. The van der Waals surface area contributed by atoms with Crippen molar-refractivity contribution in [3.8, 4) is 0 Å². The number of ether oxygens (including phenoxy) is 4. The van der Waals surface area contributed by atoms with Crippen molar-refractivity contribution in [2.24, 2.45) is 0 Å². The first-order chi connectivity index (χ1) is 15.2. The lowest BCUT2D eigenvalue weighted by atomic mass is 9.98. The molecule has 190 valence electrons. The van der Waals surface area contributed by atoms with E-state index in [1.807, 2.05) is 0 Å². The third kappa shape index (κ3) is 7.26. The average Bonchev–Trinajstić information content (AvgIpc) is 2.78. The van der Waals surface area contributed by atoms with Crippen LogP contribution < -0.4 is 0 Å². The molecule has 2 aliphatic heterocycles. The van der Waals surface area contributed by atoms with Crippen LogP contribution in [-0.2, 0) is 18.9 Å². The predicted molar refractivity (Wildman–Crippen MR) is 107 cm³/mol. The first-order valence-electron chi connectivity index (χ1n) is 11.1. The second kappa shape index (κ2) is 13.4. The van der Waals surface area contributed by atoms with Gasteiger partial charge in [0.25, 0.3) is 0 Å². The fourth-order valence-electron chi connectivity index (χ4n) is 3.68. The van der Waals surface area contributed by atoms with Gasteiger partial charge in [-0.3, -0.25) is 0 Å². The summed E-state index contributed by atoms with van der Waals surface area (Å²) in [5, 5.41) is 79.3. The van der Waals surface area contributed by atoms with Gasteiger partial charge < -0.3 is 59.8 Å². The number of hydrogen-bond acceptors (Lipinski definition) is 12. The number of unbranched alkanes of at least 4 members (excludes halogenated alkanes) is 2. The highest BCUT2D eigenvalue weighted by atomic mass is 16.7. The fourth-order valence-corrected chi connectivity index (χ4v) is 3.68. The number of hydrogen-bond donors (Lipinski definition) is 8. The van der Waals surface area contributed by atoms with Gasteiger partial charge in [-0.05, 0) is 12.8 Å². The molecule has 0 aromatic carbocycles. The molecule has 0 aromatic heterocycles. The Morgan fingerprint density at radius 2 is 1.28 bits per heavy atom. The Morgan fingerprint density at radius 3 is 1.88 bits per heavy atom. The van der Waals surface area contributed by atoms with Gasteiger partial charge in [0.15, 0.2) is 12.6 Å². The van der Waals surface area contributed by atoms with Gasteiger partial charge in [0.05, 0.1) is 25.9 Å². The van der Waals surface area contributed by atoms with Crippen molar-refractivity contribution in [1.82, 2.24) is 0 Å². The van der Waals surface area contributed by atoms with Crippen molar-refractivity contribution in [1.29, 1.82) is 0 Å². The summed E-state index contributed by atoms with van der Waals surface area (Å²) in [6.45, 7) is 1.07. The van der Waals surface area contributed by atoms with E-state index in [0.29, 0.717) is 12.8 Å². The van der Waals surface area contributed by atoms with Crippen LogP contribution in [-0.4, -0.2) is 128 Å². The van der Waals surface area contributed by atoms with Gasteiger partial charge in [0, 0.05) is 0 Å². The fraction of sp³-hybridized carbons (Fsp3) is 1.00. The van der Waals surface area contributed by atoms with Crippen LogP contribution in [0, 0.1) is 0 Å². The minimum atomic E-state index is -1.63. The van der Waals surface area contributed by atoms with E-state index in [4.69, 9.17) is 18.9 Å². The molecule has 2 rings (SSSR count). The molecule has 2 saturated heterocycles. The maximum absolute atomic E-state index is 10.2.